The Hall–Kier alpha value is -1.94. The van der Waals surface area contributed by atoms with Crippen LogP contribution in [0.4, 0.5) is 0 Å². The minimum Gasteiger partial charge on any atom is -0.306 e. The summed E-state index contributed by atoms with van der Waals surface area (Å²) in [6, 6.07) is 7.66. The van der Waals surface area contributed by atoms with Crippen LogP contribution in [0.15, 0.2) is 36.7 Å². The first-order valence-corrected chi connectivity index (χ1v) is 6.80. The summed E-state index contributed by atoms with van der Waals surface area (Å²) < 4.78 is 1.94. The van der Waals surface area contributed by atoms with Crippen LogP contribution in [-0.2, 0) is 5.41 Å². The molecule has 0 spiro atoms. The van der Waals surface area contributed by atoms with Crippen LogP contribution in [0.2, 0.25) is 5.15 Å². The molecule has 0 radical (unpaired) electrons. The van der Waals surface area contributed by atoms with Gasteiger partial charge >= 0.3 is 0 Å². The lowest BCUT2D eigenvalue weighted by Crippen LogP contribution is -2.14. The Balaban J connectivity index is 2.16. The van der Waals surface area contributed by atoms with Gasteiger partial charge in [-0.3, -0.25) is 0 Å². The van der Waals surface area contributed by atoms with E-state index in [2.05, 4.69) is 35.7 Å². The molecule has 0 N–H and O–H groups in total. The third-order valence-corrected chi connectivity index (χ3v) is 3.25. The van der Waals surface area contributed by atoms with Crippen molar-refractivity contribution in [2.45, 2.75) is 26.2 Å². The quantitative estimate of drug-likeness (QED) is 0.640. The maximum absolute atomic E-state index is 6.12. The number of halogens is 1. The minimum atomic E-state index is -0.0828. The molecule has 3 aromatic heterocycles. The highest BCUT2D eigenvalue weighted by Gasteiger charge is 2.19. The van der Waals surface area contributed by atoms with E-state index in [9.17, 15) is 0 Å². The van der Waals surface area contributed by atoms with Crippen LogP contribution in [0.3, 0.4) is 0 Å². The van der Waals surface area contributed by atoms with Gasteiger partial charge in [-0.25, -0.2) is 15.0 Å². The average molecular weight is 287 g/mol. The smallest absolute Gasteiger partial charge is 0.181 e. The topological polar surface area (TPSA) is 43.1 Å². The number of hydrogen-bond donors (Lipinski definition) is 0. The summed E-state index contributed by atoms with van der Waals surface area (Å²) >= 11 is 6.12. The second kappa shape index (κ2) is 4.56. The summed E-state index contributed by atoms with van der Waals surface area (Å²) in [5.41, 5.74) is 2.41. The number of imidazole rings is 1. The molecular formula is C15H15ClN4. The SMILES string of the molecule is CC(C)(C)c1cc(Cl)nc(-c2cn3ccccc3n2)n1. The fraction of sp³-hybridized carbons (Fsp3) is 0.267. The van der Waals surface area contributed by atoms with Gasteiger partial charge in [0.05, 0.1) is 5.69 Å². The second-order valence-corrected chi connectivity index (χ2v) is 6.13. The van der Waals surface area contributed by atoms with Crippen molar-refractivity contribution in [1.29, 1.82) is 0 Å². The van der Waals surface area contributed by atoms with E-state index in [1.165, 1.54) is 0 Å². The summed E-state index contributed by atoms with van der Waals surface area (Å²) in [6.45, 7) is 6.29. The molecule has 0 aromatic carbocycles. The standard InChI is InChI=1S/C15H15ClN4/c1-15(2,3)11-8-12(16)19-14(18-11)10-9-20-7-5-4-6-13(20)17-10/h4-9H,1-3H3. The normalized spacial score (nSPS) is 12.0. The number of fused-ring (bicyclic) bond motifs is 1. The van der Waals surface area contributed by atoms with Gasteiger partial charge in [0.1, 0.15) is 16.5 Å². The Morgan fingerprint density at radius 2 is 1.90 bits per heavy atom. The Kier molecular flexibility index (Phi) is 2.98. The lowest BCUT2D eigenvalue weighted by molar-refractivity contribution is 0.568. The van der Waals surface area contributed by atoms with E-state index in [-0.39, 0.29) is 5.41 Å². The molecule has 102 valence electrons. The van der Waals surface area contributed by atoms with E-state index in [0.29, 0.717) is 11.0 Å². The summed E-state index contributed by atoms with van der Waals surface area (Å²) in [5.74, 6) is 0.561. The molecule has 0 bridgehead atoms. The van der Waals surface area contributed by atoms with Gasteiger partial charge in [-0.05, 0) is 18.2 Å². The Morgan fingerprint density at radius 3 is 2.60 bits per heavy atom. The van der Waals surface area contributed by atoms with Gasteiger partial charge in [-0.1, -0.05) is 38.4 Å². The van der Waals surface area contributed by atoms with Crippen LogP contribution in [0.1, 0.15) is 26.5 Å². The average Bonchev–Trinajstić information content (AvgIpc) is 2.80. The molecule has 0 unspecified atom stereocenters. The predicted octanol–water partition coefficient (Wildman–Crippen LogP) is 3.74. The van der Waals surface area contributed by atoms with Gasteiger partial charge in [0, 0.05) is 17.8 Å². The second-order valence-electron chi connectivity index (χ2n) is 5.74. The first-order chi connectivity index (χ1) is 9.43. The zero-order valence-corrected chi connectivity index (χ0v) is 12.4. The molecule has 0 saturated carbocycles. The van der Waals surface area contributed by atoms with Gasteiger partial charge in [-0.2, -0.15) is 0 Å². The molecule has 0 atom stereocenters. The molecule has 0 aliphatic heterocycles. The van der Waals surface area contributed by atoms with E-state index in [4.69, 9.17) is 11.6 Å². The van der Waals surface area contributed by atoms with Gasteiger partial charge in [0.25, 0.3) is 0 Å². The first kappa shape index (κ1) is 13.1. The van der Waals surface area contributed by atoms with Crippen LogP contribution in [0.25, 0.3) is 17.2 Å². The van der Waals surface area contributed by atoms with Crippen LogP contribution < -0.4 is 0 Å². The summed E-state index contributed by atoms with van der Waals surface area (Å²) in [4.78, 5) is 13.4. The summed E-state index contributed by atoms with van der Waals surface area (Å²) in [5, 5.41) is 0.442. The van der Waals surface area contributed by atoms with Crippen molar-refractivity contribution in [2.75, 3.05) is 0 Å². The fourth-order valence-corrected chi connectivity index (χ4v) is 2.14. The molecule has 0 fully saturated rings. The van der Waals surface area contributed by atoms with E-state index in [1.54, 1.807) is 6.07 Å². The third-order valence-electron chi connectivity index (χ3n) is 3.06. The predicted molar refractivity (Wildman–Crippen MR) is 79.9 cm³/mol. The van der Waals surface area contributed by atoms with Crippen LogP contribution in [-0.4, -0.2) is 19.4 Å². The summed E-state index contributed by atoms with van der Waals surface area (Å²) in [7, 11) is 0. The monoisotopic (exact) mass is 286 g/mol. The van der Waals surface area contributed by atoms with Gasteiger partial charge in [-0.15, -0.1) is 0 Å². The van der Waals surface area contributed by atoms with Crippen molar-refractivity contribution in [3.8, 4) is 11.5 Å². The number of aromatic nitrogens is 4. The van der Waals surface area contributed by atoms with Crippen LogP contribution in [0, 0.1) is 0 Å². The first-order valence-electron chi connectivity index (χ1n) is 6.43. The highest BCUT2D eigenvalue weighted by atomic mass is 35.5. The van der Waals surface area contributed by atoms with Crippen molar-refractivity contribution < 1.29 is 0 Å². The summed E-state index contributed by atoms with van der Waals surface area (Å²) in [6.07, 6.45) is 3.86. The van der Waals surface area contributed by atoms with E-state index >= 15 is 0 Å². The third kappa shape index (κ3) is 2.39. The highest BCUT2D eigenvalue weighted by Crippen LogP contribution is 2.25. The van der Waals surface area contributed by atoms with Gasteiger partial charge in [0.2, 0.25) is 0 Å². The van der Waals surface area contributed by atoms with Gasteiger partial charge < -0.3 is 4.40 Å². The Bertz CT molecular complexity index is 738. The molecule has 3 rings (SSSR count). The molecular weight excluding hydrogens is 272 g/mol. The Labute approximate surface area is 122 Å². The molecule has 3 aromatic rings. The molecule has 5 heteroatoms. The number of nitrogens with zero attached hydrogens (tertiary/aromatic N) is 4. The number of pyridine rings is 1. The van der Waals surface area contributed by atoms with Crippen molar-refractivity contribution in [1.82, 2.24) is 19.4 Å². The van der Waals surface area contributed by atoms with E-state index < -0.39 is 0 Å². The molecule has 4 nitrogen and oxygen atoms in total. The van der Waals surface area contributed by atoms with E-state index in [1.807, 2.05) is 35.0 Å². The fourth-order valence-electron chi connectivity index (χ4n) is 1.96. The zero-order valence-electron chi connectivity index (χ0n) is 11.6. The molecule has 20 heavy (non-hydrogen) atoms. The molecule has 0 saturated heterocycles. The molecule has 3 heterocycles. The zero-order chi connectivity index (χ0) is 14.3. The van der Waals surface area contributed by atoms with Crippen molar-refractivity contribution >= 4 is 17.2 Å². The lowest BCUT2D eigenvalue weighted by atomic mass is 9.92. The maximum Gasteiger partial charge on any atom is 0.181 e. The molecule has 0 amide bonds. The highest BCUT2D eigenvalue weighted by molar-refractivity contribution is 6.29. The van der Waals surface area contributed by atoms with Crippen LogP contribution in [0.5, 0.6) is 0 Å². The molecule has 0 aliphatic rings. The van der Waals surface area contributed by atoms with E-state index in [0.717, 1.165) is 17.0 Å². The van der Waals surface area contributed by atoms with Crippen molar-refractivity contribution in [2.24, 2.45) is 0 Å². The number of hydrogen-bond acceptors (Lipinski definition) is 3. The van der Waals surface area contributed by atoms with Crippen molar-refractivity contribution in [3.63, 3.8) is 0 Å². The largest absolute Gasteiger partial charge is 0.306 e. The minimum absolute atomic E-state index is 0.0828. The van der Waals surface area contributed by atoms with Gasteiger partial charge in [0.15, 0.2) is 5.82 Å². The van der Waals surface area contributed by atoms with Crippen LogP contribution >= 0.6 is 11.6 Å². The Morgan fingerprint density at radius 1 is 1.10 bits per heavy atom. The maximum atomic E-state index is 6.12. The van der Waals surface area contributed by atoms with Crippen molar-refractivity contribution in [3.05, 3.63) is 47.5 Å². The lowest BCUT2D eigenvalue weighted by Gasteiger charge is -2.18. The number of rotatable bonds is 1. The molecule has 0 aliphatic carbocycles.